The molecule has 1 saturated heterocycles. The fraction of sp³-hybridized carbons (Fsp3) is 0.917. The van der Waals surface area contributed by atoms with Gasteiger partial charge in [-0.25, -0.2) is 0 Å². The van der Waals surface area contributed by atoms with Crippen molar-refractivity contribution in [2.24, 2.45) is 11.8 Å². The van der Waals surface area contributed by atoms with E-state index in [4.69, 9.17) is 4.74 Å². The Balaban J connectivity index is 2.22. The number of carbonyl (C=O) groups excluding carboxylic acids is 1. The summed E-state index contributed by atoms with van der Waals surface area (Å²) >= 11 is 0. The van der Waals surface area contributed by atoms with Crippen LogP contribution in [0, 0.1) is 11.8 Å². The van der Waals surface area contributed by atoms with Gasteiger partial charge in [-0.1, -0.05) is 13.8 Å². The largest absolute Gasteiger partial charge is 0.384 e. The van der Waals surface area contributed by atoms with E-state index in [1.807, 2.05) is 6.92 Å². The van der Waals surface area contributed by atoms with Gasteiger partial charge in [0.15, 0.2) is 0 Å². The van der Waals surface area contributed by atoms with Crippen molar-refractivity contribution in [2.45, 2.75) is 32.7 Å². The molecule has 0 saturated carbocycles. The highest BCUT2D eigenvalue weighted by Gasteiger charge is 2.20. The Morgan fingerprint density at radius 2 is 2.31 bits per heavy atom. The molecule has 0 aromatic heterocycles. The van der Waals surface area contributed by atoms with Crippen LogP contribution in [0.25, 0.3) is 0 Å². The number of hydrogen-bond donors (Lipinski definition) is 2. The van der Waals surface area contributed by atoms with Gasteiger partial charge in [0.25, 0.3) is 0 Å². The first kappa shape index (κ1) is 13.5. The lowest BCUT2D eigenvalue weighted by Gasteiger charge is -2.28. The predicted octanol–water partition coefficient (Wildman–Crippen LogP) is 0.773. The zero-order valence-corrected chi connectivity index (χ0v) is 10.6. The van der Waals surface area contributed by atoms with Gasteiger partial charge in [0, 0.05) is 32.7 Å². The van der Waals surface area contributed by atoms with E-state index in [0.29, 0.717) is 30.9 Å². The summed E-state index contributed by atoms with van der Waals surface area (Å²) in [6.07, 6.45) is 1.64. The topological polar surface area (TPSA) is 50.4 Å². The number of nitrogens with one attached hydrogen (secondary N) is 2. The van der Waals surface area contributed by atoms with Crippen LogP contribution in [0.1, 0.15) is 26.7 Å². The molecule has 0 bridgehead atoms. The maximum absolute atomic E-state index is 11.7. The molecule has 1 fully saturated rings. The maximum atomic E-state index is 11.7. The van der Waals surface area contributed by atoms with Gasteiger partial charge >= 0.3 is 0 Å². The fourth-order valence-electron chi connectivity index (χ4n) is 2.21. The molecule has 3 atom stereocenters. The Bertz CT molecular complexity index is 221. The molecule has 1 aliphatic rings. The Kier molecular flexibility index (Phi) is 5.77. The molecule has 0 radical (unpaired) electrons. The maximum Gasteiger partial charge on any atom is 0.220 e. The molecule has 1 aliphatic heterocycles. The summed E-state index contributed by atoms with van der Waals surface area (Å²) in [4.78, 5) is 11.7. The molecular formula is C12H24N2O2. The van der Waals surface area contributed by atoms with E-state index in [9.17, 15) is 4.79 Å². The lowest BCUT2D eigenvalue weighted by Crippen LogP contribution is -2.48. The third kappa shape index (κ3) is 4.94. The summed E-state index contributed by atoms with van der Waals surface area (Å²) in [5.41, 5.74) is 0. The lowest BCUT2D eigenvalue weighted by molar-refractivity contribution is -0.123. The molecule has 0 spiro atoms. The minimum absolute atomic E-state index is 0.144. The van der Waals surface area contributed by atoms with Crippen molar-refractivity contribution in [1.29, 1.82) is 0 Å². The lowest BCUT2D eigenvalue weighted by atomic mass is 9.97. The molecular weight excluding hydrogens is 204 g/mol. The van der Waals surface area contributed by atoms with Gasteiger partial charge in [-0.2, -0.15) is 0 Å². The third-order valence-corrected chi connectivity index (χ3v) is 2.92. The first-order valence-electron chi connectivity index (χ1n) is 6.10. The molecule has 0 aromatic carbocycles. The molecule has 0 aromatic rings. The van der Waals surface area contributed by atoms with E-state index in [0.717, 1.165) is 19.5 Å². The first-order chi connectivity index (χ1) is 7.61. The van der Waals surface area contributed by atoms with E-state index in [2.05, 4.69) is 17.6 Å². The summed E-state index contributed by atoms with van der Waals surface area (Å²) < 4.78 is 5.02. The molecule has 94 valence electrons. The monoisotopic (exact) mass is 228 g/mol. The minimum atomic E-state index is 0.144. The SMILES string of the molecule is COCC(C)CC(=O)NC1CNCC(C)C1. The number of amides is 1. The fourth-order valence-corrected chi connectivity index (χ4v) is 2.21. The number of piperidine rings is 1. The number of hydrogen-bond acceptors (Lipinski definition) is 3. The van der Waals surface area contributed by atoms with Crippen LogP contribution in [0.4, 0.5) is 0 Å². The third-order valence-electron chi connectivity index (χ3n) is 2.92. The number of ether oxygens (including phenoxy) is 1. The summed E-state index contributed by atoms with van der Waals surface area (Å²) in [6, 6.07) is 0.297. The highest BCUT2D eigenvalue weighted by atomic mass is 16.5. The second kappa shape index (κ2) is 6.86. The average molecular weight is 228 g/mol. The van der Waals surface area contributed by atoms with Crippen LogP contribution in [0.2, 0.25) is 0 Å². The van der Waals surface area contributed by atoms with Gasteiger partial charge in [-0.15, -0.1) is 0 Å². The van der Waals surface area contributed by atoms with E-state index in [-0.39, 0.29) is 5.91 Å². The Labute approximate surface area is 98.1 Å². The van der Waals surface area contributed by atoms with Crippen LogP contribution in [-0.2, 0) is 9.53 Å². The van der Waals surface area contributed by atoms with Crippen molar-refractivity contribution in [3.8, 4) is 0 Å². The Morgan fingerprint density at radius 1 is 1.56 bits per heavy atom. The molecule has 16 heavy (non-hydrogen) atoms. The van der Waals surface area contributed by atoms with Gasteiger partial charge in [0.05, 0.1) is 0 Å². The van der Waals surface area contributed by atoms with E-state index in [1.54, 1.807) is 7.11 Å². The highest BCUT2D eigenvalue weighted by molar-refractivity contribution is 5.76. The smallest absolute Gasteiger partial charge is 0.220 e. The summed E-state index contributed by atoms with van der Waals surface area (Å²) in [6.45, 7) is 6.84. The molecule has 2 N–H and O–H groups in total. The molecule has 4 nitrogen and oxygen atoms in total. The van der Waals surface area contributed by atoms with Crippen LogP contribution in [0.5, 0.6) is 0 Å². The van der Waals surface area contributed by atoms with Gasteiger partial charge in [0.1, 0.15) is 0 Å². The number of methoxy groups -OCH3 is 1. The van der Waals surface area contributed by atoms with Crippen LogP contribution in [0.3, 0.4) is 0 Å². The van der Waals surface area contributed by atoms with Crippen molar-refractivity contribution < 1.29 is 9.53 Å². The first-order valence-corrected chi connectivity index (χ1v) is 6.10. The standard InChI is InChI=1S/C12H24N2O2/c1-9-4-11(7-13-6-9)14-12(15)5-10(2)8-16-3/h9-11,13H,4-8H2,1-3H3,(H,14,15). The van der Waals surface area contributed by atoms with Gasteiger partial charge < -0.3 is 15.4 Å². The van der Waals surface area contributed by atoms with E-state index < -0.39 is 0 Å². The zero-order chi connectivity index (χ0) is 12.0. The van der Waals surface area contributed by atoms with E-state index >= 15 is 0 Å². The normalized spacial score (nSPS) is 27.4. The minimum Gasteiger partial charge on any atom is -0.384 e. The zero-order valence-electron chi connectivity index (χ0n) is 10.6. The quantitative estimate of drug-likeness (QED) is 0.731. The van der Waals surface area contributed by atoms with Crippen molar-refractivity contribution >= 4 is 5.91 Å². The van der Waals surface area contributed by atoms with Gasteiger partial charge in [-0.3, -0.25) is 4.79 Å². The molecule has 3 unspecified atom stereocenters. The van der Waals surface area contributed by atoms with Crippen LogP contribution < -0.4 is 10.6 Å². The predicted molar refractivity (Wildman–Crippen MR) is 64.2 cm³/mol. The number of carbonyl (C=O) groups is 1. The molecule has 0 aliphatic carbocycles. The van der Waals surface area contributed by atoms with Gasteiger partial charge in [0.2, 0.25) is 5.91 Å². The summed E-state index contributed by atoms with van der Waals surface area (Å²) in [5.74, 6) is 1.08. The molecule has 1 amide bonds. The van der Waals surface area contributed by atoms with Crippen molar-refractivity contribution in [2.75, 3.05) is 26.8 Å². The van der Waals surface area contributed by atoms with Crippen LogP contribution in [0.15, 0.2) is 0 Å². The van der Waals surface area contributed by atoms with Crippen molar-refractivity contribution in [3.05, 3.63) is 0 Å². The molecule has 4 heteroatoms. The van der Waals surface area contributed by atoms with Crippen LogP contribution >= 0.6 is 0 Å². The highest BCUT2D eigenvalue weighted by Crippen LogP contribution is 2.10. The summed E-state index contributed by atoms with van der Waals surface area (Å²) in [5, 5.41) is 6.41. The second-order valence-corrected chi connectivity index (χ2v) is 5.03. The summed E-state index contributed by atoms with van der Waals surface area (Å²) in [7, 11) is 1.67. The van der Waals surface area contributed by atoms with Crippen LogP contribution in [-0.4, -0.2) is 38.8 Å². The molecule has 1 rings (SSSR count). The van der Waals surface area contributed by atoms with Crippen molar-refractivity contribution in [1.82, 2.24) is 10.6 Å². The Hall–Kier alpha value is -0.610. The number of rotatable bonds is 5. The van der Waals surface area contributed by atoms with Gasteiger partial charge in [-0.05, 0) is 24.8 Å². The second-order valence-electron chi connectivity index (χ2n) is 5.03. The Morgan fingerprint density at radius 3 is 2.94 bits per heavy atom. The van der Waals surface area contributed by atoms with E-state index in [1.165, 1.54) is 0 Å². The average Bonchev–Trinajstić information content (AvgIpc) is 2.17. The van der Waals surface area contributed by atoms with Crippen molar-refractivity contribution in [3.63, 3.8) is 0 Å². The molecule has 1 heterocycles.